The van der Waals surface area contributed by atoms with Crippen LogP contribution in [0.5, 0.6) is 5.75 Å². The Kier molecular flexibility index (Phi) is 10.3. The van der Waals surface area contributed by atoms with Crippen molar-refractivity contribution in [2.24, 2.45) is 4.99 Å². The molecule has 0 spiro atoms. The van der Waals surface area contributed by atoms with E-state index in [-0.39, 0.29) is 30.1 Å². The highest BCUT2D eigenvalue weighted by Crippen LogP contribution is 2.24. The summed E-state index contributed by atoms with van der Waals surface area (Å²) >= 11 is 0. The highest BCUT2D eigenvalue weighted by molar-refractivity contribution is 14.0. The molecule has 0 saturated carbocycles. The molecule has 1 aromatic heterocycles. The van der Waals surface area contributed by atoms with Crippen molar-refractivity contribution in [3.63, 3.8) is 0 Å². The van der Waals surface area contributed by atoms with Gasteiger partial charge in [0.15, 0.2) is 5.96 Å². The fraction of sp³-hybridized carbons (Fsp3) is 0.524. The van der Waals surface area contributed by atoms with Crippen LogP contribution in [0.3, 0.4) is 0 Å². The Morgan fingerprint density at radius 1 is 1.38 bits per heavy atom. The molecule has 1 aliphatic heterocycles. The number of guanidine groups is 1. The predicted molar refractivity (Wildman–Crippen MR) is 126 cm³/mol. The summed E-state index contributed by atoms with van der Waals surface area (Å²) < 4.78 is 13.5. The first-order chi connectivity index (χ1) is 13.7. The number of aliphatic imine (C=N–C) groups is 1. The normalized spacial score (nSPS) is 16.3. The monoisotopic (exact) mass is 513 g/mol. The van der Waals surface area contributed by atoms with Gasteiger partial charge in [0, 0.05) is 44.0 Å². The van der Waals surface area contributed by atoms with E-state index in [2.05, 4.69) is 47.8 Å². The van der Waals surface area contributed by atoms with E-state index in [9.17, 15) is 0 Å². The second-order valence-electron chi connectivity index (χ2n) is 6.96. The lowest BCUT2D eigenvalue weighted by molar-refractivity contribution is 0.140. The van der Waals surface area contributed by atoms with Crippen LogP contribution in [0.15, 0.2) is 41.7 Å². The summed E-state index contributed by atoms with van der Waals surface area (Å²) in [5.41, 5.74) is 2.27. The number of nitrogens with one attached hydrogen (secondary N) is 2. The van der Waals surface area contributed by atoms with Gasteiger partial charge in [0.2, 0.25) is 0 Å². The summed E-state index contributed by atoms with van der Waals surface area (Å²) in [7, 11) is 0. The molecule has 3 rings (SSSR count). The molecule has 0 radical (unpaired) electrons. The van der Waals surface area contributed by atoms with Crippen molar-refractivity contribution in [2.45, 2.75) is 45.9 Å². The van der Waals surface area contributed by atoms with Gasteiger partial charge < -0.3 is 20.1 Å². The van der Waals surface area contributed by atoms with E-state index < -0.39 is 0 Å². The lowest BCUT2D eigenvalue weighted by Gasteiger charge is -2.16. The number of aromatic nitrogens is 2. The van der Waals surface area contributed by atoms with Gasteiger partial charge in [-0.3, -0.25) is 4.68 Å². The molecule has 1 aromatic carbocycles. The zero-order valence-corrected chi connectivity index (χ0v) is 19.6. The fourth-order valence-electron chi connectivity index (χ4n) is 3.07. The molecule has 1 saturated heterocycles. The Bertz CT molecular complexity index is 746. The van der Waals surface area contributed by atoms with E-state index in [1.165, 1.54) is 5.56 Å². The maximum absolute atomic E-state index is 6.17. The number of aryl methyl sites for hydroxylation is 2. The van der Waals surface area contributed by atoms with Crippen molar-refractivity contribution in [1.82, 2.24) is 20.4 Å². The van der Waals surface area contributed by atoms with Crippen LogP contribution in [-0.4, -0.2) is 48.1 Å². The van der Waals surface area contributed by atoms with Crippen LogP contribution in [0, 0.1) is 6.92 Å². The standard InChI is InChI=1S/C21H31N5O2.HI/c1-3-22-21(23-9-4-11-26-12-5-10-25-26)24-15-18-7-6-17(2)14-20(18)28-19-8-13-27-16-19;/h5-7,10,12,14,19H,3-4,8-9,11,13,15-16H2,1-2H3,(H2,22,23,24);1H. The van der Waals surface area contributed by atoms with Crippen LogP contribution in [0.2, 0.25) is 0 Å². The van der Waals surface area contributed by atoms with Crippen LogP contribution in [0.4, 0.5) is 0 Å². The fourth-order valence-corrected chi connectivity index (χ4v) is 3.07. The van der Waals surface area contributed by atoms with Gasteiger partial charge in [-0.05, 0) is 38.0 Å². The van der Waals surface area contributed by atoms with E-state index in [1.807, 2.05) is 16.9 Å². The van der Waals surface area contributed by atoms with Crippen molar-refractivity contribution < 1.29 is 9.47 Å². The first-order valence-electron chi connectivity index (χ1n) is 10.1. The smallest absolute Gasteiger partial charge is 0.191 e. The number of halogens is 1. The van der Waals surface area contributed by atoms with E-state index in [0.717, 1.165) is 56.4 Å². The minimum atomic E-state index is 0. The third kappa shape index (κ3) is 7.85. The molecule has 8 heteroatoms. The van der Waals surface area contributed by atoms with E-state index >= 15 is 0 Å². The first kappa shape index (κ1) is 23.5. The van der Waals surface area contributed by atoms with Crippen LogP contribution in [0.25, 0.3) is 0 Å². The summed E-state index contributed by atoms with van der Waals surface area (Å²) in [6.45, 7) is 8.70. The Labute approximate surface area is 190 Å². The van der Waals surface area contributed by atoms with Gasteiger partial charge in [0.25, 0.3) is 0 Å². The maximum atomic E-state index is 6.17. The summed E-state index contributed by atoms with van der Waals surface area (Å²) in [6.07, 6.45) is 5.84. The predicted octanol–water partition coefficient (Wildman–Crippen LogP) is 3.12. The lowest BCUT2D eigenvalue weighted by Crippen LogP contribution is -2.38. The maximum Gasteiger partial charge on any atom is 0.191 e. The van der Waals surface area contributed by atoms with Gasteiger partial charge in [-0.15, -0.1) is 24.0 Å². The van der Waals surface area contributed by atoms with Gasteiger partial charge in [-0.25, -0.2) is 4.99 Å². The molecule has 2 N–H and O–H groups in total. The summed E-state index contributed by atoms with van der Waals surface area (Å²) in [5, 5.41) is 10.9. The van der Waals surface area contributed by atoms with Crippen molar-refractivity contribution in [3.8, 4) is 5.75 Å². The Morgan fingerprint density at radius 3 is 3.00 bits per heavy atom. The molecule has 29 heavy (non-hydrogen) atoms. The molecule has 1 fully saturated rings. The van der Waals surface area contributed by atoms with Crippen LogP contribution >= 0.6 is 24.0 Å². The Balaban J connectivity index is 0.00000300. The summed E-state index contributed by atoms with van der Waals surface area (Å²) in [4.78, 5) is 4.74. The molecule has 7 nitrogen and oxygen atoms in total. The molecule has 0 bridgehead atoms. The zero-order valence-electron chi connectivity index (χ0n) is 17.3. The number of nitrogens with zero attached hydrogens (tertiary/aromatic N) is 3. The van der Waals surface area contributed by atoms with E-state index in [1.54, 1.807) is 6.20 Å². The van der Waals surface area contributed by atoms with Crippen molar-refractivity contribution in [3.05, 3.63) is 47.8 Å². The molecule has 2 heterocycles. The lowest BCUT2D eigenvalue weighted by atomic mass is 10.1. The number of hydrogen-bond donors (Lipinski definition) is 2. The molecular weight excluding hydrogens is 481 g/mol. The SMILES string of the molecule is CCNC(=NCc1ccc(C)cc1OC1CCOC1)NCCCn1cccn1.I. The second kappa shape index (κ2) is 12.7. The molecule has 160 valence electrons. The quantitative estimate of drug-likeness (QED) is 0.233. The first-order valence-corrected chi connectivity index (χ1v) is 10.1. The van der Waals surface area contributed by atoms with Gasteiger partial charge in [0.1, 0.15) is 11.9 Å². The van der Waals surface area contributed by atoms with Crippen LogP contribution in [0.1, 0.15) is 30.9 Å². The summed E-state index contributed by atoms with van der Waals surface area (Å²) in [6, 6.07) is 8.24. The van der Waals surface area contributed by atoms with Crippen molar-refractivity contribution >= 4 is 29.9 Å². The molecule has 1 atom stereocenters. The van der Waals surface area contributed by atoms with Crippen molar-refractivity contribution in [1.29, 1.82) is 0 Å². The topological polar surface area (TPSA) is 72.7 Å². The number of hydrogen-bond acceptors (Lipinski definition) is 4. The van der Waals surface area contributed by atoms with Gasteiger partial charge in [0.05, 0.1) is 19.8 Å². The van der Waals surface area contributed by atoms with Crippen molar-refractivity contribution in [2.75, 3.05) is 26.3 Å². The van der Waals surface area contributed by atoms with Crippen LogP contribution in [-0.2, 0) is 17.8 Å². The third-order valence-corrected chi connectivity index (χ3v) is 4.57. The molecule has 0 aliphatic carbocycles. The number of benzene rings is 1. The van der Waals surface area contributed by atoms with E-state index in [4.69, 9.17) is 14.5 Å². The zero-order chi connectivity index (χ0) is 19.6. The average molecular weight is 513 g/mol. The molecule has 1 unspecified atom stereocenters. The van der Waals surface area contributed by atoms with Gasteiger partial charge in [-0.1, -0.05) is 12.1 Å². The van der Waals surface area contributed by atoms with Gasteiger partial charge in [-0.2, -0.15) is 5.10 Å². The highest BCUT2D eigenvalue weighted by atomic mass is 127. The Morgan fingerprint density at radius 2 is 2.28 bits per heavy atom. The largest absolute Gasteiger partial charge is 0.488 e. The minimum Gasteiger partial charge on any atom is -0.488 e. The average Bonchev–Trinajstić information content (AvgIpc) is 3.38. The van der Waals surface area contributed by atoms with E-state index in [0.29, 0.717) is 13.2 Å². The second-order valence-corrected chi connectivity index (χ2v) is 6.96. The molecule has 0 amide bonds. The molecule has 2 aromatic rings. The van der Waals surface area contributed by atoms with Crippen LogP contribution < -0.4 is 15.4 Å². The highest BCUT2D eigenvalue weighted by Gasteiger charge is 2.18. The third-order valence-electron chi connectivity index (χ3n) is 4.57. The Hall–Kier alpha value is -1.81. The molecule has 1 aliphatic rings. The summed E-state index contributed by atoms with van der Waals surface area (Å²) in [5.74, 6) is 1.73. The van der Waals surface area contributed by atoms with Gasteiger partial charge >= 0.3 is 0 Å². The number of ether oxygens (including phenoxy) is 2. The molecular formula is C21H32IN5O2. The number of rotatable bonds is 9. The minimum absolute atomic E-state index is 0.